The molecule has 94 valence electrons. The maximum atomic E-state index is 5.98. The highest BCUT2D eigenvalue weighted by Gasteiger charge is 2.08. The highest BCUT2D eigenvalue weighted by Crippen LogP contribution is 2.28. The molecule has 0 aliphatic rings. The lowest BCUT2D eigenvalue weighted by molar-refractivity contribution is 0.983. The Bertz CT molecular complexity index is 655. The summed E-state index contributed by atoms with van der Waals surface area (Å²) in [6.07, 6.45) is 0.856. The first-order valence-corrected chi connectivity index (χ1v) is 7.64. The van der Waals surface area contributed by atoms with Crippen molar-refractivity contribution in [3.05, 3.63) is 42.5 Å². The lowest BCUT2D eigenvalue weighted by Gasteiger charge is -2.07. The molecule has 0 unspecified atom stereocenters. The Labute approximate surface area is 132 Å². The van der Waals surface area contributed by atoms with E-state index in [1.807, 2.05) is 18.2 Å². The molecule has 1 aromatic carbocycles. The summed E-state index contributed by atoms with van der Waals surface area (Å²) < 4.78 is 2.26. The molecule has 18 heavy (non-hydrogen) atoms. The van der Waals surface area contributed by atoms with Gasteiger partial charge in [-0.1, -0.05) is 30.7 Å². The van der Waals surface area contributed by atoms with Crippen molar-refractivity contribution in [1.29, 1.82) is 0 Å². The van der Waals surface area contributed by atoms with Crippen LogP contribution in [0.3, 0.4) is 0 Å². The minimum absolute atomic E-state index is 0.562. The Morgan fingerprint density at radius 1 is 1.39 bits per heavy atom. The van der Waals surface area contributed by atoms with Crippen LogP contribution in [0.1, 0.15) is 12.6 Å². The molecule has 0 saturated heterocycles. The fourth-order valence-electron chi connectivity index (χ4n) is 1.53. The molecule has 6 heteroatoms. The van der Waals surface area contributed by atoms with Gasteiger partial charge in [0.2, 0.25) is 0 Å². The molecule has 0 bridgehead atoms. The van der Waals surface area contributed by atoms with Gasteiger partial charge in [-0.2, -0.15) is 0 Å². The monoisotopic (exact) mass is 406 g/mol. The molecule has 0 atom stereocenters. The smallest absolute Gasteiger partial charge is 0.144 e. The summed E-state index contributed by atoms with van der Waals surface area (Å²) >= 11 is 18.1. The number of aromatic nitrogens is 2. The summed E-state index contributed by atoms with van der Waals surface area (Å²) in [4.78, 5) is 7.65. The van der Waals surface area contributed by atoms with Crippen molar-refractivity contribution in [1.82, 2.24) is 9.97 Å². The molecule has 1 N–H and O–H groups in total. The molecule has 2 aromatic rings. The molecule has 0 fully saturated rings. The number of nitrogens with one attached hydrogen (secondary N) is 1. The Morgan fingerprint density at radius 2 is 2.11 bits per heavy atom. The van der Waals surface area contributed by atoms with E-state index in [0.29, 0.717) is 9.66 Å². The van der Waals surface area contributed by atoms with Crippen molar-refractivity contribution in [2.75, 3.05) is 0 Å². The maximum absolute atomic E-state index is 5.98. The van der Waals surface area contributed by atoms with Crippen LogP contribution in [0.4, 0.5) is 0 Å². The fourth-order valence-corrected chi connectivity index (χ4v) is 2.71. The van der Waals surface area contributed by atoms with Gasteiger partial charge >= 0.3 is 0 Å². The summed E-state index contributed by atoms with van der Waals surface area (Å²) in [7, 11) is 0. The minimum atomic E-state index is 0.562. The van der Waals surface area contributed by atoms with E-state index in [4.69, 9.17) is 23.8 Å². The lowest BCUT2D eigenvalue weighted by Crippen LogP contribution is -1.97. The first-order valence-electron chi connectivity index (χ1n) is 5.27. The first-order chi connectivity index (χ1) is 8.52. The number of hydrogen-bond acceptors (Lipinski definition) is 2. The SMILES string of the molecule is CCc1[nH]c(-c2ccc(Cl)c(Br)c2)nc(=S)c1Br. The normalized spacial score (nSPS) is 10.7. The Morgan fingerprint density at radius 3 is 2.72 bits per heavy atom. The zero-order chi connectivity index (χ0) is 13.3. The quantitative estimate of drug-likeness (QED) is 0.660. The van der Waals surface area contributed by atoms with E-state index in [-0.39, 0.29) is 0 Å². The van der Waals surface area contributed by atoms with Crippen molar-refractivity contribution < 1.29 is 0 Å². The Hall–Kier alpha value is -0.230. The summed E-state index contributed by atoms with van der Waals surface area (Å²) in [6, 6.07) is 5.66. The van der Waals surface area contributed by atoms with Crippen LogP contribution in [0.15, 0.2) is 27.1 Å². The third kappa shape index (κ3) is 2.85. The van der Waals surface area contributed by atoms with Gasteiger partial charge < -0.3 is 4.98 Å². The van der Waals surface area contributed by atoms with Crippen molar-refractivity contribution in [2.45, 2.75) is 13.3 Å². The van der Waals surface area contributed by atoms with Crippen LogP contribution >= 0.6 is 55.7 Å². The molecule has 0 amide bonds. The van der Waals surface area contributed by atoms with Gasteiger partial charge in [-0.3, -0.25) is 0 Å². The van der Waals surface area contributed by atoms with Crippen LogP contribution in [-0.2, 0) is 6.42 Å². The highest BCUT2D eigenvalue weighted by molar-refractivity contribution is 9.10. The first kappa shape index (κ1) is 14.2. The second-order valence-corrected chi connectivity index (χ2v) is 6.11. The standard InChI is InChI=1S/C12H9Br2ClN2S/c1-2-9-10(14)12(18)17-11(16-9)6-3-4-8(15)7(13)5-6/h3-5H,2H2,1H3,(H,16,17,18). The van der Waals surface area contributed by atoms with Gasteiger partial charge in [-0.25, -0.2) is 4.98 Å². The molecule has 0 radical (unpaired) electrons. The van der Waals surface area contributed by atoms with Crippen LogP contribution in [0.5, 0.6) is 0 Å². The van der Waals surface area contributed by atoms with Gasteiger partial charge in [0.15, 0.2) is 0 Å². The number of benzene rings is 1. The van der Waals surface area contributed by atoms with E-state index < -0.39 is 0 Å². The molecular formula is C12H9Br2ClN2S. The van der Waals surface area contributed by atoms with E-state index in [1.165, 1.54) is 0 Å². The summed E-state index contributed by atoms with van der Waals surface area (Å²) in [6.45, 7) is 2.06. The van der Waals surface area contributed by atoms with Gasteiger partial charge in [0.05, 0.1) is 9.50 Å². The van der Waals surface area contributed by atoms with E-state index in [9.17, 15) is 0 Å². The van der Waals surface area contributed by atoms with Crippen LogP contribution in [0.2, 0.25) is 5.02 Å². The van der Waals surface area contributed by atoms with E-state index in [1.54, 1.807) is 0 Å². The number of aryl methyl sites for hydroxylation is 1. The average molecular weight is 409 g/mol. The van der Waals surface area contributed by atoms with Crippen molar-refractivity contribution in [3.63, 3.8) is 0 Å². The molecule has 0 aliphatic heterocycles. The molecule has 0 spiro atoms. The van der Waals surface area contributed by atoms with Gasteiger partial charge in [0.25, 0.3) is 0 Å². The lowest BCUT2D eigenvalue weighted by atomic mass is 10.2. The number of nitrogens with zero attached hydrogens (tertiary/aromatic N) is 1. The number of halogens is 3. The number of H-pyrrole nitrogens is 1. The number of hydrogen-bond donors (Lipinski definition) is 1. The second-order valence-electron chi connectivity index (χ2n) is 3.67. The van der Waals surface area contributed by atoms with Gasteiger partial charge in [-0.05, 0) is 56.5 Å². The largest absolute Gasteiger partial charge is 0.342 e. The molecule has 2 nitrogen and oxygen atoms in total. The Balaban J connectivity index is 2.60. The molecule has 2 rings (SSSR count). The van der Waals surface area contributed by atoms with Crippen molar-refractivity contribution >= 4 is 55.7 Å². The fraction of sp³-hybridized carbons (Fsp3) is 0.167. The number of rotatable bonds is 2. The third-order valence-electron chi connectivity index (χ3n) is 2.48. The zero-order valence-corrected chi connectivity index (χ0v) is 14.2. The van der Waals surface area contributed by atoms with Gasteiger partial charge in [-0.15, -0.1) is 0 Å². The van der Waals surface area contributed by atoms with E-state index in [2.05, 4.69) is 48.8 Å². The summed E-state index contributed by atoms with van der Waals surface area (Å²) in [5.41, 5.74) is 1.98. The van der Waals surface area contributed by atoms with Crippen molar-refractivity contribution in [3.8, 4) is 11.4 Å². The summed E-state index contributed by atoms with van der Waals surface area (Å²) in [5.74, 6) is 0.748. The van der Waals surface area contributed by atoms with Crippen molar-refractivity contribution in [2.24, 2.45) is 0 Å². The highest BCUT2D eigenvalue weighted by atomic mass is 79.9. The van der Waals surface area contributed by atoms with Crippen LogP contribution in [0, 0.1) is 4.64 Å². The van der Waals surface area contributed by atoms with E-state index >= 15 is 0 Å². The topological polar surface area (TPSA) is 28.7 Å². The predicted molar refractivity (Wildman–Crippen MR) is 84.6 cm³/mol. The van der Waals surface area contributed by atoms with E-state index in [0.717, 1.165) is 32.4 Å². The molecule has 1 heterocycles. The molecule has 1 aromatic heterocycles. The second kappa shape index (κ2) is 5.82. The van der Waals surface area contributed by atoms with Crippen LogP contribution in [0.25, 0.3) is 11.4 Å². The van der Waals surface area contributed by atoms with Gasteiger partial charge in [0.1, 0.15) is 10.5 Å². The van der Waals surface area contributed by atoms with Crippen LogP contribution in [-0.4, -0.2) is 9.97 Å². The molecule has 0 saturated carbocycles. The predicted octanol–water partition coefficient (Wildman–Crippen LogP) is 5.55. The molecular weight excluding hydrogens is 399 g/mol. The average Bonchev–Trinajstić information content (AvgIpc) is 2.36. The minimum Gasteiger partial charge on any atom is -0.342 e. The zero-order valence-electron chi connectivity index (χ0n) is 9.43. The summed E-state index contributed by atoms with van der Waals surface area (Å²) in [5, 5.41) is 0.671. The van der Waals surface area contributed by atoms with Crippen LogP contribution < -0.4 is 0 Å². The third-order valence-corrected chi connectivity index (χ3v) is 5.11. The Kier molecular flexibility index (Phi) is 4.59. The number of aromatic amines is 1. The maximum Gasteiger partial charge on any atom is 0.144 e. The molecule has 0 aliphatic carbocycles. The van der Waals surface area contributed by atoms with Gasteiger partial charge in [0, 0.05) is 15.7 Å².